The molecule has 0 aliphatic heterocycles. The number of halogens is 1. The summed E-state index contributed by atoms with van der Waals surface area (Å²) < 4.78 is 31.8. The van der Waals surface area contributed by atoms with Crippen LogP contribution < -0.4 is 10.0 Å². The smallest absolute Gasteiger partial charge is 0.240 e. The van der Waals surface area contributed by atoms with Gasteiger partial charge in [-0.3, -0.25) is 0 Å². The summed E-state index contributed by atoms with van der Waals surface area (Å²) in [4.78, 5) is 0.190. The molecule has 0 fully saturated rings. The van der Waals surface area contributed by atoms with Gasteiger partial charge in [-0.25, -0.2) is 13.1 Å². The van der Waals surface area contributed by atoms with Crippen LogP contribution in [0, 0.1) is 0 Å². The van der Waals surface area contributed by atoms with Crippen LogP contribution in [0.1, 0.15) is 11.1 Å². The van der Waals surface area contributed by atoms with Gasteiger partial charge in [0.05, 0.1) is 17.4 Å². The van der Waals surface area contributed by atoms with Crippen LogP contribution in [0.25, 0.3) is 0 Å². The molecule has 1 heterocycles. The highest BCUT2D eigenvalue weighted by atomic mass is 35.5. The lowest BCUT2D eigenvalue weighted by atomic mass is 10.2. The molecule has 0 atom stereocenters. The van der Waals surface area contributed by atoms with Gasteiger partial charge in [-0.1, -0.05) is 11.6 Å². The molecule has 0 spiro atoms. The van der Waals surface area contributed by atoms with Crippen LogP contribution >= 0.6 is 11.6 Å². The van der Waals surface area contributed by atoms with E-state index in [1.54, 1.807) is 25.2 Å². The second kappa shape index (κ2) is 6.41. The second-order valence-corrected chi connectivity index (χ2v) is 6.41. The van der Waals surface area contributed by atoms with Gasteiger partial charge in [-0.2, -0.15) is 0 Å². The molecule has 1 aromatic carbocycles. The molecular formula is C13H15ClN2O3S. The SMILES string of the molecule is CNCc1cc(S(=O)(=O)NCc2ccoc2)ccc1Cl. The van der Waals surface area contributed by atoms with Crippen molar-refractivity contribution in [3.63, 3.8) is 0 Å². The fraction of sp³-hybridized carbons (Fsp3) is 0.231. The minimum absolute atomic E-state index is 0.183. The van der Waals surface area contributed by atoms with E-state index >= 15 is 0 Å². The third-order valence-electron chi connectivity index (χ3n) is 2.74. The molecule has 1 aromatic heterocycles. The lowest BCUT2D eigenvalue weighted by Crippen LogP contribution is -2.23. The maximum Gasteiger partial charge on any atom is 0.240 e. The minimum Gasteiger partial charge on any atom is -0.472 e. The summed E-state index contributed by atoms with van der Waals surface area (Å²) in [6.45, 7) is 0.687. The van der Waals surface area contributed by atoms with Gasteiger partial charge in [0.25, 0.3) is 0 Å². The Bertz CT molecular complexity index is 669. The van der Waals surface area contributed by atoms with E-state index in [1.165, 1.54) is 18.6 Å². The summed E-state index contributed by atoms with van der Waals surface area (Å²) in [6, 6.07) is 6.34. The van der Waals surface area contributed by atoms with Gasteiger partial charge in [0, 0.05) is 23.7 Å². The number of benzene rings is 1. The molecular weight excluding hydrogens is 300 g/mol. The summed E-state index contributed by atoms with van der Waals surface area (Å²) in [5.41, 5.74) is 1.50. The Hall–Kier alpha value is -1.34. The summed E-state index contributed by atoms with van der Waals surface area (Å²) in [5, 5.41) is 3.48. The standard InChI is InChI=1S/C13H15ClN2O3S/c1-15-8-11-6-12(2-3-13(11)14)20(17,18)16-7-10-4-5-19-9-10/h2-6,9,15-16H,7-8H2,1H3. The van der Waals surface area contributed by atoms with Gasteiger partial charge in [-0.15, -0.1) is 0 Å². The fourth-order valence-electron chi connectivity index (χ4n) is 1.70. The first kappa shape index (κ1) is 15.1. The van der Waals surface area contributed by atoms with Crippen LogP contribution in [-0.2, 0) is 23.1 Å². The van der Waals surface area contributed by atoms with E-state index in [0.29, 0.717) is 11.6 Å². The van der Waals surface area contributed by atoms with Crippen molar-refractivity contribution >= 4 is 21.6 Å². The van der Waals surface area contributed by atoms with E-state index in [4.69, 9.17) is 16.0 Å². The lowest BCUT2D eigenvalue weighted by molar-refractivity contribution is 0.561. The molecule has 7 heteroatoms. The molecule has 0 unspecified atom stereocenters. The molecule has 2 rings (SSSR count). The van der Waals surface area contributed by atoms with Crippen molar-refractivity contribution in [2.45, 2.75) is 18.0 Å². The zero-order valence-electron chi connectivity index (χ0n) is 10.9. The average molecular weight is 315 g/mol. The Kier molecular flexibility index (Phi) is 4.82. The molecule has 0 aliphatic carbocycles. The van der Waals surface area contributed by atoms with Crippen LogP contribution in [0.3, 0.4) is 0 Å². The fourth-order valence-corrected chi connectivity index (χ4v) is 2.95. The van der Waals surface area contributed by atoms with Crippen molar-refractivity contribution < 1.29 is 12.8 Å². The Morgan fingerprint density at radius 1 is 1.25 bits per heavy atom. The first-order valence-corrected chi connectivity index (χ1v) is 7.83. The van der Waals surface area contributed by atoms with E-state index in [1.807, 2.05) is 0 Å². The van der Waals surface area contributed by atoms with Crippen molar-refractivity contribution in [2.75, 3.05) is 7.05 Å². The number of rotatable bonds is 6. The molecule has 0 aliphatic rings. The quantitative estimate of drug-likeness (QED) is 0.857. The van der Waals surface area contributed by atoms with Crippen LogP contribution in [0.4, 0.5) is 0 Å². The maximum absolute atomic E-state index is 12.2. The summed E-state index contributed by atoms with van der Waals surface area (Å²) in [6.07, 6.45) is 2.99. The van der Waals surface area contributed by atoms with Crippen LogP contribution in [-0.4, -0.2) is 15.5 Å². The number of sulfonamides is 1. The van der Waals surface area contributed by atoms with Crippen LogP contribution in [0.15, 0.2) is 46.1 Å². The molecule has 0 amide bonds. The summed E-state index contributed by atoms with van der Waals surface area (Å²) >= 11 is 6.02. The topological polar surface area (TPSA) is 71.3 Å². The van der Waals surface area contributed by atoms with Gasteiger partial charge in [0.1, 0.15) is 0 Å². The summed E-state index contributed by atoms with van der Waals surface area (Å²) in [7, 11) is -1.80. The van der Waals surface area contributed by atoms with Crippen LogP contribution in [0.5, 0.6) is 0 Å². The van der Waals surface area contributed by atoms with E-state index in [0.717, 1.165) is 11.1 Å². The molecule has 2 aromatic rings. The predicted octanol–water partition coefficient (Wildman–Crippen LogP) is 2.13. The summed E-state index contributed by atoms with van der Waals surface area (Å²) in [5.74, 6) is 0. The van der Waals surface area contributed by atoms with E-state index in [9.17, 15) is 8.42 Å². The minimum atomic E-state index is -3.57. The molecule has 5 nitrogen and oxygen atoms in total. The van der Waals surface area contributed by atoms with Crippen molar-refractivity contribution in [2.24, 2.45) is 0 Å². The van der Waals surface area contributed by atoms with Gasteiger partial charge >= 0.3 is 0 Å². The number of nitrogens with one attached hydrogen (secondary N) is 2. The maximum atomic E-state index is 12.2. The van der Waals surface area contributed by atoms with Crippen molar-refractivity contribution in [3.8, 4) is 0 Å². The van der Waals surface area contributed by atoms with E-state index in [-0.39, 0.29) is 11.4 Å². The Labute approximate surface area is 123 Å². The third-order valence-corrected chi connectivity index (χ3v) is 4.51. The molecule has 0 bridgehead atoms. The Morgan fingerprint density at radius 3 is 2.70 bits per heavy atom. The molecule has 0 saturated heterocycles. The highest BCUT2D eigenvalue weighted by Gasteiger charge is 2.15. The van der Waals surface area contributed by atoms with Gasteiger partial charge < -0.3 is 9.73 Å². The third kappa shape index (κ3) is 3.61. The largest absolute Gasteiger partial charge is 0.472 e. The van der Waals surface area contributed by atoms with E-state index in [2.05, 4.69) is 10.0 Å². The van der Waals surface area contributed by atoms with Crippen LogP contribution in [0.2, 0.25) is 5.02 Å². The van der Waals surface area contributed by atoms with Gasteiger partial charge in [0.2, 0.25) is 10.0 Å². The lowest BCUT2D eigenvalue weighted by Gasteiger charge is -2.09. The Balaban J connectivity index is 2.18. The molecule has 0 radical (unpaired) electrons. The molecule has 2 N–H and O–H groups in total. The Morgan fingerprint density at radius 2 is 2.05 bits per heavy atom. The second-order valence-electron chi connectivity index (χ2n) is 4.24. The highest BCUT2D eigenvalue weighted by Crippen LogP contribution is 2.20. The number of furan rings is 1. The van der Waals surface area contributed by atoms with Crippen molar-refractivity contribution in [3.05, 3.63) is 52.9 Å². The number of hydrogen-bond acceptors (Lipinski definition) is 4. The molecule has 20 heavy (non-hydrogen) atoms. The van der Waals surface area contributed by atoms with Gasteiger partial charge in [0.15, 0.2) is 0 Å². The predicted molar refractivity (Wildman–Crippen MR) is 76.9 cm³/mol. The van der Waals surface area contributed by atoms with E-state index < -0.39 is 10.0 Å². The molecule has 0 saturated carbocycles. The zero-order valence-corrected chi connectivity index (χ0v) is 12.5. The van der Waals surface area contributed by atoms with Crippen molar-refractivity contribution in [1.82, 2.24) is 10.0 Å². The highest BCUT2D eigenvalue weighted by molar-refractivity contribution is 7.89. The first-order valence-electron chi connectivity index (χ1n) is 5.96. The molecule has 108 valence electrons. The zero-order chi connectivity index (χ0) is 14.6. The normalized spacial score (nSPS) is 11.7. The first-order chi connectivity index (χ1) is 9.53. The monoisotopic (exact) mass is 314 g/mol. The average Bonchev–Trinajstić information content (AvgIpc) is 2.92. The van der Waals surface area contributed by atoms with Gasteiger partial charge in [-0.05, 0) is 36.9 Å². The van der Waals surface area contributed by atoms with Crippen molar-refractivity contribution in [1.29, 1.82) is 0 Å². The number of hydrogen-bond donors (Lipinski definition) is 2.